The maximum Gasteiger partial charge on any atom is 0.119 e. The fraction of sp³-hybridized carbons (Fsp3) is 0.0714. The van der Waals surface area contributed by atoms with Crippen LogP contribution in [0.4, 0.5) is 0 Å². The summed E-state index contributed by atoms with van der Waals surface area (Å²) in [6.07, 6.45) is 1.62. The third-order valence-corrected chi connectivity index (χ3v) is 2.54. The monoisotopic (exact) mass is 226 g/mol. The molecule has 0 spiro atoms. The largest absolute Gasteiger partial charge is 0.497 e. The average molecular weight is 226 g/mol. The van der Waals surface area contributed by atoms with Crippen molar-refractivity contribution in [1.82, 2.24) is 0 Å². The van der Waals surface area contributed by atoms with Gasteiger partial charge in [0.05, 0.1) is 13.3 Å². The van der Waals surface area contributed by atoms with Crippen LogP contribution in [0.2, 0.25) is 0 Å². The average Bonchev–Trinajstić information content (AvgIpc) is 2.40. The molecule has 2 N–H and O–H groups in total. The quantitative estimate of drug-likeness (QED) is 0.497. The summed E-state index contributed by atoms with van der Waals surface area (Å²) in [7, 11) is 1.67. The Hall–Kier alpha value is -2.29. The maximum atomic E-state index is 5.20. The van der Waals surface area contributed by atoms with Gasteiger partial charge in [-0.1, -0.05) is 36.4 Å². The molecule has 0 aliphatic heterocycles. The van der Waals surface area contributed by atoms with Crippen LogP contribution in [0, 0.1) is 0 Å². The molecule has 0 saturated carbocycles. The molecule has 2 aromatic carbocycles. The number of hydrogen-bond donors (Lipinski definition) is 1. The van der Waals surface area contributed by atoms with Gasteiger partial charge >= 0.3 is 0 Å². The second kappa shape index (κ2) is 5.16. The van der Waals surface area contributed by atoms with Crippen molar-refractivity contribution in [2.45, 2.75) is 0 Å². The molecule has 0 aliphatic carbocycles. The summed E-state index contributed by atoms with van der Waals surface area (Å²) in [6, 6.07) is 16.0. The highest BCUT2D eigenvalue weighted by Gasteiger charge is 1.99. The third kappa shape index (κ3) is 2.64. The molecule has 3 heteroatoms. The smallest absolute Gasteiger partial charge is 0.119 e. The van der Waals surface area contributed by atoms with Gasteiger partial charge in [0.1, 0.15) is 5.75 Å². The molecular formula is C14H14N2O. The van der Waals surface area contributed by atoms with Crippen molar-refractivity contribution in [2.24, 2.45) is 10.9 Å². The van der Waals surface area contributed by atoms with E-state index in [-0.39, 0.29) is 0 Å². The maximum absolute atomic E-state index is 5.20. The summed E-state index contributed by atoms with van der Waals surface area (Å²) in [5.74, 6) is 5.96. The molecule has 0 atom stereocenters. The van der Waals surface area contributed by atoms with Crippen molar-refractivity contribution < 1.29 is 4.74 Å². The van der Waals surface area contributed by atoms with E-state index in [1.807, 2.05) is 42.5 Å². The molecule has 0 unspecified atom stereocenters. The molecule has 2 aromatic rings. The molecule has 3 nitrogen and oxygen atoms in total. The van der Waals surface area contributed by atoms with E-state index in [1.54, 1.807) is 13.3 Å². The van der Waals surface area contributed by atoms with Gasteiger partial charge in [0.25, 0.3) is 0 Å². The first kappa shape index (κ1) is 11.2. The number of nitrogens with two attached hydrogens (primary N) is 1. The fourth-order valence-corrected chi connectivity index (χ4v) is 1.65. The van der Waals surface area contributed by atoms with Gasteiger partial charge in [-0.25, -0.2) is 0 Å². The number of hydrogen-bond acceptors (Lipinski definition) is 3. The van der Waals surface area contributed by atoms with Crippen molar-refractivity contribution in [1.29, 1.82) is 0 Å². The fourth-order valence-electron chi connectivity index (χ4n) is 1.65. The topological polar surface area (TPSA) is 47.6 Å². The molecule has 0 saturated heterocycles. The van der Waals surface area contributed by atoms with Gasteiger partial charge in [-0.15, -0.1) is 0 Å². The van der Waals surface area contributed by atoms with Crippen LogP contribution >= 0.6 is 0 Å². The summed E-state index contributed by atoms with van der Waals surface area (Å²) in [6.45, 7) is 0. The minimum atomic E-state index is 0.857. The molecule has 0 aromatic heterocycles. The lowest BCUT2D eigenvalue weighted by molar-refractivity contribution is 0.415. The van der Waals surface area contributed by atoms with E-state index < -0.39 is 0 Å². The van der Waals surface area contributed by atoms with Gasteiger partial charge in [0.2, 0.25) is 0 Å². The van der Waals surface area contributed by atoms with Gasteiger partial charge in [-0.3, -0.25) is 0 Å². The van der Waals surface area contributed by atoms with Crippen molar-refractivity contribution in [3.63, 3.8) is 0 Å². The first-order valence-corrected chi connectivity index (χ1v) is 5.31. The van der Waals surface area contributed by atoms with Crippen LogP contribution in [0.1, 0.15) is 5.56 Å². The van der Waals surface area contributed by atoms with E-state index in [0.717, 1.165) is 22.4 Å². The number of hydrazone groups is 1. The van der Waals surface area contributed by atoms with E-state index in [4.69, 9.17) is 10.6 Å². The first-order chi connectivity index (χ1) is 8.33. The van der Waals surface area contributed by atoms with Gasteiger partial charge in [0.15, 0.2) is 0 Å². The Balaban J connectivity index is 2.32. The van der Waals surface area contributed by atoms with E-state index in [0.29, 0.717) is 0 Å². The van der Waals surface area contributed by atoms with Gasteiger partial charge in [-0.05, 0) is 28.8 Å². The van der Waals surface area contributed by atoms with Gasteiger partial charge < -0.3 is 10.6 Å². The normalized spacial score (nSPS) is 10.6. The molecule has 0 heterocycles. The van der Waals surface area contributed by atoms with Gasteiger partial charge in [-0.2, -0.15) is 5.10 Å². The molecular weight excluding hydrogens is 212 g/mol. The molecule has 0 radical (unpaired) electrons. The Morgan fingerprint density at radius 3 is 2.47 bits per heavy atom. The first-order valence-electron chi connectivity index (χ1n) is 5.31. The summed E-state index contributed by atoms with van der Waals surface area (Å²) in [5.41, 5.74) is 3.25. The predicted octanol–water partition coefficient (Wildman–Crippen LogP) is 2.65. The Labute approximate surface area is 101 Å². The van der Waals surface area contributed by atoms with E-state index in [1.165, 1.54) is 0 Å². The zero-order chi connectivity index (χ0) is 12.1. The summed E-state index contributed by atoms with van der Waals surface area (Å²) < 4.78 is 5.20. The zero-order valence-electron chi connectivity index (χ0n) is 9.63. The van der Waals surface area contributed by atoms with Gasteiger partial charge in [0, 0.05) is 0 Å². The SMILES string of the molecule is COc1cccc(-c2ccc(C=NN)cc2)c1. The number of benzene rings is 2. The molecule has 86 valence electrons. The molecule has 0 fully saturated rings. The second-order valence-corrected chi connectivity index (χ2v) is 3.63. The van der Waals surface area contributed by atoms with Crippen LogP contribution < -0.4 is 10.6 Å². The Morgan fingerprint density at radius 1 is 1.06 bits per heavy atom. The number of methoxy groups -OCH3 is 1. The minimum absolute atomic E-state index is 0.857. The number of ether oxygens (including phenoxy) is 1. The molecule has 0 aliphatic rings. The highest BCUT2D eigenvalue weighted by Crippen LogP contribution is 2.23. The lowest BCUT2D eigenvalue weighted by Gasteiger charge is -2.04. The second-order valence-electron chi connectivity index (χ2n) is 3.63. The third-order valence-electron chi connectivity index (χ3n) is 2.54. The highest BCUT2D eigenvalue weighted by molar-refractivity contribution is 5.80. The molecule has 17 heavy (non-hydrogen) atoms. The molecule has 0 amide bonds. The summed E-state index contributed by atoms with van der Waals surface area (Å²) in [5, 5.41) is 3.49. The lowest BCUT2D eigenvalue weighted by atomic mass is 10.0. The Kier molecular flexibility index (Phi) is 3.40. The number of rotatable bonds is 3. The van der Waals surface area contributed by atoms with Crippen LogP contribution in [0.25, 0.3) is 11.1 Å². The Morgan fingerprint density at radius 2 is 1.82 bits per heavy atom. The molecule has 2 rings (SSSR count). The van der Waals surface area contributed by atoms with Crippen molar-refractivity contribution in [2.75, 3.05) is 7.11 Å². The van der Waals surface area contributed by atoms with Crippen LogP contribution in [0.15, 0.2) is 53.6 Å². The van der Waals surface area contributed by atoms with Crippen LogP contribution in [-0.2, 0) is 0 Å². The number of nitrogens with zero attached hydrogens (tertiary/aromatic N) is 1. The standard InChI is InChI=1S/C14H14N2O/c1-17-14-4-2-3-13(9-14)12-7-5-11(6-8-12)10-16-15/h2-10H,15H2,1H3. The summed E-state index contributed by atoms with van der Waals surface area (Å²) >= 11 is 0. The molecule has 0 bridgehead atoms. The van der Waals surface area contributed by atoms with Crippen LogP contribution in [0.5, 0.6) is 5.75 Å². The van der Waals surface area contributed by atoms with Crippen LogP contribution in [0.3, 0.4) is 0 Å². The lowest BCUT2D eigenvalue weighted by Crippen LogP contribution is -1.87. The zero-order valence-corrected chi connectivity index (χ0v) is 9.63. The predicted molar refractivity (Wildman–Crippen MR) is 70.2 cm³/mol. The van der Waals surface area contributed by atoms with Crippen molar-refractivity contribution >= 4 is 6.21 Å². The van der Waals surface area contributed by atoms with Crippen molar-refractivity contribution in [3.05, 3.63) is 54.1 Å². The van der Waals surface area contributed by atoms with Crippen LogP contribution in [-0.4, -0.2) is 13.3 Å². The summed E-state index contributed by atoms with van der Waals surface area (Å²) in [4.78, 5) is 0. The van der Waals surface area contributed by atoms with Crippen molar-refractivity contribution in [3.8, 4) is 16.9 Å². The van der Waals surface area contributed by atoms with E-state index in [9.17, 15) is 0 Å². The van der Waals surface area contributed by atoms with E-state index >= 15 is 0 Å². The minimum Gasteiger partial charge on any atom is -0.497 e. The Bertz CT molecular complexity index is 518. The van der Waals surface area contributed by atoms with E-state index in [2.05, 4.69) is 11.2 Å². The highest BCUT2D eigenvalue weighted by atomic mass is 16.5.